The number of hydrogen-bond donors (Lipinski definition) is 1. The monoisotopic (exact) mass is 301 g/mol. The fourth-order valence-corrected chi connectivity index (χ4v) is 3.12. The third kappa shape index (κ3) is 2.46. The van der Waals surface area contributed by atoms with E-state index in [1.807, 2.05) is 23.6 Å². The zero-order valence-corrected chi connectivity index (χ0v) is 12.6. The molecule has 1 aromatic carbocycles. The largest absolute Gasteiger partial charge is 0.496 e. The van der Waals surface area contributed by atoms with E-state index in [1.165, 1.54) is 0 Å². The van der Waals surface area contributed by atoms with Crippen LogP contribution in [0.1, 0.15) is 17.2 Å². The predicted molar refractivity (Wildman–Crippen MR) is 83.2 cm³/mol. The van der Waals surface area contributed by atoms with Gasteiger partial charge >= 0.3 is 0 Å². The van der Waals surface area contributed by atoms with Crippen LogP contribution in [0.15, 0.2) is 41.9 Å². The number of benzene rings is 1. The van der Waals surface area contributed by atoms with Crippen LogP contribution in [0.25, 0.3) is 10.2 Å². The summed E-state index contributed by atoms with van der Waals surface area (Å²) in [6.07, 6.45) is 0.834. The molecule has 108 valence electrons. The second-order valence-corrected chi connectivity index (χ2v) is 5.50. The van der Waals surface area contributed by atoms with Gasteiger partial charge in [-0.25, -0.2) is 0 Å². The predicted octanol–water partition coefficient (Wildman–Crippen LogP) is 3.40. The fourth-order valence-electron chi connectivity index (χ4n) is 2.33. The van der Waals surface area contributed by atoms with Crippen LogP contribution >= 0.6 is 11.3 Å². The Balaban J connectivity index is 2.10. The minimum atomic E-state index is -0.852. The van der Waals surface area contributed by atoms with Crippen LogP contribution in [0.4, 0.5) is 0 Å². The van der Waals surface area contributed by atoms with E-state index in [0.29, 0.717) is 22.6 Å². The van der Waals surface area contributed by atoms with Gasteiger partial charge in [-0.3, -0.25) is 4.98 Å². The van der Waals surface area contributed by atoms with Crippen molar-refractivity contribution in [3.63, 3.8) is 0 Å². The Morgan fingerprint density at radius 3 is 2.52 bits per heavy atom. The standard InChI is InChI=1S/C16H15NO3S/c1-19-12-4-3-5-13(20-2)15(12)16(18)10-8-14-11(17-9-10)6-7-21-14/h3-9,16,18H,1-2H3. The number of fused-ring (bicyclic) bond motifs is 1. The SMILES string of the molecule is COc1cccc(OC)c1C(O)c1cnc2ccsc2c1. The van der Waals surface area contributed by atoms with E-state index >= 15 is 0 Å². The Labute approximate surface area is 126 Å². The van der Waals surface area contributed by atoms with Gasteiger partial charge in [0.25, 0.3) is 0 Å². The molecule has 0 bridgehead atoms. The van der Waals surface area contributed by atoms with Gasteiger partial charge in [0.05, 0.1) is 30.0 Å². The minimum Gasteiger partial charge on any atom is -0.496 e. The number of rotatable bonds is 4. The maximum Gasteiger partial charge on any atom is 0.128 e. The summed E-state index contributed by atoms with van der Waals surface area (Å²) in [5.41, 5.74) is 2.26. The highest BCUT2D eigenvalue weighted by Crippen LogP contribution is 2.37. The van der Waals surface area contributed by atoms with Crippen molar-refractivity contribution in [1.29, 1.82) is 0 Å². The molecule has 21 heavy (non-hydrogen) atoms. The van der Waals surface area contributed by atoms with Crippen LogP contribution in [0.3, 0.4) is 0 Å². The molecule has 0 amide bonds. The van der Waals surface area contributed by atoms with Gasteiger partial charge in [0.15, 0.2) is 0 Å². The van der Waals surface area contributed by atoms with E-state index < -0.39 is 6.10 Å². The Morgan fingerprint density at radius 1 is 1.14 bits per heavy atom. The third-order valence-corrected chi connectivity index (χ3v) is 4.23. The third-order valence-electron chi connectivity index (χ3n) is 3.38. The first kappa shape index (κ1) is 13.9. The van der Waals surface area contributed by atoms with E-state index in [-0.39, 0.29) is 0 Å². The number of pyridine rings is 1. The minimum absolute atomic E-state index is 0.591. The van der Waals surface area contributed by atoms with Crippen LogP contribution in [-0.2, 0) is 0 Å². The topological polar surface area (TPSA) is 51.6 Å². The molecule has 5 heteroatoms. The average molecular weight is 301 g/mol. The Bertz CT molecular complexity index is 747. The van der Waals surface area contributed by atoms with E-state index in [9.17, 15) is 5.11 Å². The second-order valence-electron chi connectivity index (χ2n) is 4.55. The lowest BCUT2D eigenvalue weighted by molar-refractivity contribution is 0.208. The Morgan fingerprint density at radius 2 is 1.86 bits per heavy atom. The number of hydrogen-bond acceptors (Lipinski definition) is 5. The van der Waals surface area contributed by atoms with Gasteiger partial charge in [-0.05, 0) is 29.6 Å². The molecule has 1 unspecified atom stereocenters. The zero-order chi connectivity index (χ0) is 14.8. The van der Waals surface area contributed by atoms with Crippen LogP contribution in [0.5, 0.6) is 11.5 Å². The van der Waals surface area contributed by atoms with Crippen molar-refractivity contribution in [1.82, 2.24) is 4.98 Å². The lowest BCUT2D eigenvalue weighted by Crippen LogP contribution is -2.05. The van der Waals surface area contributed by atoms with Gasteiger partial charge in [-0.2, -0.15) is 0 Å². The van der Waals surface area contributed by atoms with Gasteiger partial charge < -0.3 is 14.6 Å². The molecule has 0 aliphatic carbocycles. The molecule has 2 aromatic heterocycles. The molecule has 1 N–H and O–H groups in total. The lowest BCUT2D eigenvalue weighted by Gasteiger charge is -2.18. The van der Waals surface area contributed by atoms with Crippen molar-refractivity contribution in [2.45, 2.75) is 6.10 Å². The highest BCUT2D eigenvalue weighted by atomic mass is 32.1. The summed E-state index contributed by atoms with van der Waals surface area (Å²) in [5, 5.41) is 12.7. The maximum absolute atomic E-state index is 10.7. The Kier molecular flexibility index (Phi) is 3.77. The molecule has 2 heterocycles. The van der Waals surface area contributed by atoms with Crippen LogP contribution in [0.2, 0.25) is 0 Å². The van der Waals surface area contributed by atoms with Gasteiger partial charge in [0.2, 0.25) is 0 Å². The van der Waals surface area contributed by atoms with Crippen molar-refractivity contribution >= 4 is 21.6 Å². The summed E-state index contributed by atoms with van der Waals surface area (Å²) >= 11 is 1.60. The van der Waals surface area contributed by atoms with Crippen molar-refractivity contribution < 1.29 is 14.6 Å². The molecule has 3 rings (SSSR count). The summed E-state index contributed by atoms with van der Waals surface area (Å²) < 4.78 is 11.7. The van der Waals surface area contributed by atoms with E-state index in [2.05, 4.69) is 4.98 Å². The van der Waals surface area contributed by atoms with Crippen LogP contribution in [0, 0.1) is 0 Å². The first-order valence-corrected chi connectivity index (χ1v) is 7.34. The molecule has 0 aliphatic heterocycles. The lowest BCUT2D eigenvalue weighted by atomic mass is 10.0. The van der Waals surface area contributed by atoms with Gasteiger partial charge in [-0.15, -0.1) is 11.3 Å². The maximum atomic E-state index is 10.7. The molecular weight excluding hydrogens is 286 g/mol. The number of thiophene rings is 1. The Hall–Kier alpha value is -2.11. The molecule has 1 atom stereocenters. The van der Waals surface area contributed by atoms with E-state index in [0.717, 1.165) is 10.2 Å². The second kappa shape index (κ2) is 5.71. The van der Waals surface area contributed by atoms with Crippen LogP contribution in [-0.4, -0.2) is 24.3 Å². The number of ether oxygens (including phenoxy) is 2. The first-order chi connectivity index (χ1) is 10.2. The highest BCUT2D eigenvalue weighted by Gasteiger charge is 2.21. The zero-order valence-electron chi connectivity index (χ0n) is 11.7. The van der Waals surface area contributed by atoms with Gasteiger partial charge in [0.1, 0.15) is 17.6 Å². The van der Waals surface area contributed by atoms with Crippen molar-refractivity contribution in [2.75, 3.05) is 14.2 Å². The average Bonchev–Trinajstić information content (AvgIpc) is 3.00. The number of aliphatic hydroxyl groups is 1. The van der Waals surface area contributed by atoms with E-state index in [4.69, 9.17) is 9.47 Å². The smallest absolute Gasteiger partial charge is 0.128 e. The summed E-state index contributed by atoms with van der Waals surface area (Å²) in [6, 6.07) is 9.34. The quantitative estimate of drug-likeness (QED) is 0.802. The summed E-state index contributed by atoms with van der Waals surface area (Å²) in [7, 11) is 3.15. The number of aliphatic hydroxyl groups excluding tert-OH is 1. The first-order valence-electron chi connectivity index (χ1n) is 6.46. The summed E-state index contributed by atoms with van der Waals surface area (Å²) in [4.78, 5) is 4.37. The molecule has 0 saturated heterocycles. The van der Waals surface area contributed by atoms with Gasteiger partial charge in [0, 0.05) is 11.8 Å². The van der Waals surface area contributed by atoms with Crippen molar-refractivity contribution in [2.24, 2.45) is 0 Å². The molecule has 0 fully saturated rings. The molecule has 0 aliphatic rings. The molecule has 4 nitrogen and oxygen atoms in total. The highest BCUT2D eigenvalue weighted by molar-refractivity contribution is 7.17. The molecular formula is C16H15NO3S. The molecule has 0 radical (unpaired) electrons. The normalized spacial score (nSPS) is 12.3. The molecule has 3 aromatic rings. The fraction of sp³-hybridized carbons (Fsp3) is 0.188. The summed E-state index contributed by atoms with van der Waals surface area (Å²) in [6.45, 7) is 0. The molecule has 0 saturated carbocycles. The van der Waals surface area contributed by atoms with Crippen molar-refractivity contribution in [3.8, 4) is 11.5 Å². The van der Waals surface area contributed by atoms with E-state index in [1.54, 1.807) is 43.9 Å². The number of nitrogens with zero attached hydrogens (tertiary/aromatic N) is 1. The van der Waals surface area contributed by atoms with Gasteiger partial charge in [-0.1, -0.05) is 6.07 Å². The van der Waals surface area contributed by atoms with Crippen LogP contribution < -0.4 is 9.47 Å². The molecule has 0 spiro atoms. The number of methoxy groups -OCH3 is 2. The van der Waals surface area contributed by atoms with Crippen molar-refractivity contribution in [3.05, 3.63) is 53.0 Å². The number of aromatic nitrogens is 1. The summed E-state index contributed by atoms with van der Waals surface area (Å²) in [5.74, 6) is 1.18.